The number of aromatic nitrogens is 3. The van der Waals surface area contributed by atoms with Gasteiger partial charge in [-0.1, -0.05) is 43.3 Å². The van der Waals surface area contributed by atoms with Crippen LogP contribution in [0.1, 0.15) is 53.2 Å². The third kappa shape index (κ3) is 3.66. The van der Waals surface area contributed by atoms with E-state index in [1.165, 1.54) is 17.7 Å². The van der Waals surface area contributed by atoms with Crippen molar-refractivity contribution in [3.63, 3.8) is 0 Å². The van der Waals surface area contributed by atoms with Gasteiger partial charge in [0.05, 0.1) is 18.8 Å². The molecule has 6 nitrogen and oxygen atoms in total. The number of amides is 1. The van der Waals surface area contributed by atoms with Gasteiger partial charge in [-0.2, -0.15) is 0 Å². The summed E-state index contributed by atoms with van der Waals surface area (Å²) in [6, 6.07) is 13.9. The Morgan fingerprint density at radius 3 is 2.57 bits per heavy atom. The lowest BCUT2D eigenvalue weighted by Crippen LogP contribution is -2.24. The topological polar surface area (TPSA) is 69.0 Å². The predicted octanol–water partition coefficient (Wildman–Crippen LogP) is 4.06. The van der Waals surface area contributed by atoms with Crippen molar-refractivity contribution in [1.82, 2.24) is 15.0 Å². The molecule has 1 unspecified atom stereocenters. The lowest BCUT2D eigenvalue weighted by molar-refractivity contribution is -0.00174. The second-order valence-electron chi connectivity index (χ2n) is 7.15. The van der Waals surface area contributed by atoms with E-state index >= 15 is 0 Å². The first kappa shape index (κ1) is 18.3. The molecule has 0 radical (unpaired) electrons. The van der Waals surface area contributed by atoms with Gasteiger partial charge in [-0.15, -0.1) is 5.10 Å². The number of rotatable bonds is 4. The van der Waals surface area contributed by atoms with E-state index in [2.05, 4.69) is 29.5 Å². The van der Waals surface area contributed by atoms with E-state index in [1.54, 1.807) is 16.8 Å². The van der Waals surface area contributed by atoms with Gasteiger partial charge in [-0.25, -0.2) is 9.07 Å². The fraction of sp³-hybridized carbons (Fsp3) is 0.286. The Labute approximate surface area is 162 Å². The van der Waals surface area contributed by atoms with Gasteiger partial charge in [0, 0.05) is 5.69 Å². The number of fused-ring (bicyclic) bond motifs is 1. The van der Waals surface area contributed by atoms with Crippen LogP contribution >= 0.6 is 0 Å². The number of nitrogens with one attached hydrogen (secondary N) is 1. The molecule has 0 aliphatic carbocycles. The van der Waals surface area contributed by atoms with Gasteiger partial charge >= 0.3 is 0 Å². The van der Waals surface area contributed by atoms with E-state index < -0.39 is 0 Å². The molecule has 1 N–H and O–H groups in total. The average Bonchev–Trinajstić information content (AvgIpc) is 3.12. The number of carbonyl (C=O) groups excluding carboxylic acids is 1. The second kappa shape index (κ2) is 7.52. The molecule has 1 amide bonds. The lowest BCUT2D eigenvalue weighted by Gasteiger charge is -2.24. The van der Waals surface area contributed by atoms with Crippen molar-refractivity contribution in [3.8, 4) is 0 Å². The SMILES string of the molecule is CC(C)c1ccc(NC(=O)c2nnn3c2COC(c2ccc(F)cc2)C3)cc1. The summed E-state index contributed by atoms with van der Waals surface area (Å²) in [5.41, 5.74) is 3.66. The maximum absolute atomic E-state index is 13.1. The van der Waals surface area contributed by atoms with Gasteiger partial charge in [0.15, 0.2) is 5.69 Å². The Morgan fingerprint density at radius 1 is 1.18 bits per heavy atom. The molecule has 1 aliphatic heterocycles. The molecule has 28 heavy (non-hydrogen) atoms. The number of anilines is 1. The minimum atomic E-state index is -0.317. The Kier molecular flexibility index (Phi) is 4.92. The van der Waals surface area contributed by atoms with E-state index in [4.69, 9.17) is 4.74 Å². The molecular formula is C21H21FN4O2. The fourth-order valence-electron chi connectivity index (χ4n) is 3.21. The first-order valence-corrected chi connectivity index (χ1v) is 9.22. The van der Waals surface area contributed by atoms with Gasteiger partial charge in [0.2, 0.25) is 0 Å². The van der Waals surface area contributed by atoms with Crippen molar-refractivity contribution in [2.24, 2.45) is 0 Å². The summed E-state index contributed by atoms with van der Waals surface area (Å²) < 4.78 is 20.7. The molecule has 2 heterocycles. The molecular weight excluding hydrogens is 359 g/mol. The number of halogens is 1. The molecule has 3 aromatic rings. The van der Waals surface area contributed by atoms with Crippen molar-refractivity contribution in [2.75, 3.05) is 5.32 Å². The van der Waals surface area contributed by atoms with Crippen molar-refractivity contribution in [3.05, 3.63) is 76.9 Å². The molecule has 0 spiro atoms. The monoisotopic (exact) mass is 380 g/mol. The molecule has 1 atom stereocenters. The molecule has 0 saturated heterocycles. The van der Waals surface area contributed by atoms with Crippen molar-refractivity contribution in [2.45, 2.75) is 39.0 Å². The maximum Gasteiger partial charge on any atom is 0.278 e. The Morgan fingerprint density at radius 2 is 1.89 bits per heavy atom. The number of ether oxygens (including phenoxy) is 1. The summed E-state index contributed by atoms with van der Waals surface area (Å²) in [4.78, 5) is 12.6. The largest absolute Gasteiger partial charge is 0.365 e. The number of hydrogen-bond acceptors (Lipinski definition) is 4. The highest BCUT2D eigenvalue weighted by molar-refractivity contribution is 6.03. The molecule has 0 bridgehead atoms. The van der Waals surface area contributed by atoms with Crippen molar-refractivity contribution >= 4 is 11.6 Å². The summed E-state index contributed by atoms with van der Waals surface area (Å²) >= 11 is 0. The fourth-order valence-corrected chi connectivity index (χ4v) is 3.21. The zero-order valence-corrected chi connectivity index (χ0v) is 15.7. The normalized spacial score (nSPS) is 16.1. The van der Waals surface area contributed by atoms with Gasteiger partial charge in [-0.05, 0) is 41.3 Å². The summed E-state index contributed by atoms with van der Waals surface area (Å²) in [6.07, 6.45) is -0.255. The van der Waals surface area contributed by atoms with Crippen LogP contribution in [0, 0.1) is 5.82 Å². The smallest absolute Gasteiger partial charge is 0.278 e. The number of benzene rings is 2. The standard InChI is InChI=1S/C21H21FN4O2/c1-13(2)14-5-9-17(10-6-14)23-21(27)20-18-12-28-19(11-26(18)25-24-20)15-3-7-16(22)8-4-15/h3-10,13,19H,11-12H2,1-2H3,(H,23,27). The summed E-state index contributed by atoms with van der Waals surface area (Å²) in [6.45, 7) is 4.88. The van der Waals surface area contributed by atoms with Crippen LogP contribution in [0.3, 0.4) is 0 Å². The van der Waals surface area contributed by atoms with E-state index in [0.717, 1.165) is 5.56 Å². The third-order valence-corrected chi connectivity index (χ3v) is 4.89. The summed E-state index contributed by atoms with van der Waals surface area (Å²) in [5.74, 6) is -0.177. The first-order valence-electron chi connectivity index (χ1n) is 9.22. The van der Waals surface area contributed by atoms with Gasteiger partial charge in [-0.3, -0.25) is 4.79 Å². The van der Waals surface area contributed by atoms with Gasteiger partial charge < -0.3 is 10.1 Å². The highest BCUT2D eigenvalue weighted by Gasteiger charge is 2.27. The molecule has 2 aromatic carbocycles. The van der Waals surface area contributed by atoms with E-state index in [1.807, 2.05) is 24.3 Å². The van der Waals surface area contributed by atoms with Crippen LogP contribution in [0.15, 0.2) is 48.5 Å². The van der Waals surface area contributed by atoms with Crippen LogP contribution in [0.5, 0.6) is 0 Å². The quantitative estimate of drug-likeness (QED) is 0.741. The number of carbonyl (C=O) groups is 1. The lowest BCUT2D eigenvalue weighted by atomic mass is 10.0. The van der Waals surface area contributed by atoms with E-state index in [9.17, 15) is 9.18 Å². The zero-order chi connectivity index (χ0) is 19.7. The molecule has 0 fully saturated rings. The van der Waals surface area contributed by atoms with Crippen LogP contribution < -0.4 is 5.32 Å². The van der Waals surface area contributed by atoms with Crippen LogP contribution in [0.25, 0.3) is 0 Å². The second-order valence-corrected chi connectivity index (χ2v) is 7.15. The number of nitrogens with zero attached hydrogens (tertiary/aromatic N) is 3. The van der Waals surface area contributed by atoms with E-state index in [-0.39, 0.29) is 30.1 Å². The molecule has 144 valence electrons. The number of hydrogen-bond donors (Lipinski definition) is 1. The van der Waals surface area contributed by atoms with Crippen LogP contribution in [0.4, 0.5) is 10.1 Å². The third-order valence-electron chi connectivity index (χ3n) is 4.89. The van der Waals surface area contributed by atoms with Crippen LogP contribution in [-0.2, 0) is 17.9 Å². The maximum atomic E-state index is 13.1. The highest BCUT2D eigenvalue weighted by Crippen LogP contribution is 2.27. The zero-order valence-electron chi connectivity index (χ0n) is 15.7. The Bertz CT molecular complexity index is 981. The summed E-state index contributed by atoms with van der Waals surface area (Å²) in [5, 5.41) is 11.0. The van der Waals surface area contributed by atoms with Crippen molar-refractivity contribution in [1.29, 1.82) is 0 Å². The van der Waals surface area contributed by atoms with Gasteiger partial charge in [0.25, 0.3) is 5.91 Å². The Balaban J connectivity index is 1.47. The molecule has 4 rings (SSSR count). The first-order chi connectivity index (χ1) is 13.5. The van der Waals surface area contributed by atoms with Crippen molar-refractivity contribution < 1.29 is 13.9 Å². The summed E-state index contributed by atoms with van der Waals surface area (Å²) in [7, 11) is 0. The molecule has 0 saturated carbocycles. The van der Waals surface area contributed by atoms with E-state index in [0.29, 0.717) is 23.8 Å². The van der Waals surface area contributed by atoms with Crippen LogP contribution in [0.2, 0.25) is 0 Å². The highest BCUT2D eigenvalue weighted by atomic mass is 19.1. The molecule has 1 aliphatic rings. The van der Waals surface area contributed by atoms with Gasteiger partial charge in [0.1, 0.15) is 11.9 Å². The minimum Gasteiger partial charge on any atom is -0.365 e. The van der Waals surface area contributed by atoms with Crippen LogP contribution in [-0.4, -0.2) is 20.9 Å². The average molecular weight is 380 g/mol. The Hall–Kier alpha value is -3.06. The molecule has 1 aromatic heterocycles. The predicted molar refractivity (Wildman–Crippen MR) is 102 cm³/mol. The molecule has 7 heteroatoms. The minimum absolute atomic E-state index is 0.212.